The van der Waals surface area contributed by atoms with Gasteiger partial charge in [-0.2, -0.15) is 0 Å². The molecule has 6 heteroatoms. The van der Waals surface area contributed by atoms with E-state index in [2.05, 4.69) is 18.7 Å². The molecule has 1 aliphatic heterocycles. The molecule has 1 saturated heterocycles. The molecule has 6 atom stereocenters. The zero-order valence-electron chi connectivity index (χ0n) is 19.4. The van der Waals surface area contributed by atoms with E-state index in [4.69, 9.17) is 4.74 Å². The number of hydrogen-bond donors (Lipinski definition) is 0. The van der Waals surface area contributed by atoms with Gasteiger partial charge in [-0.1, -0.05) is 19.4 Å². The molecule has 4 aliphatic carbocycles. The van der Waals surface area contributed by atoms with Crippen LogP contribution in [0.3, 0.4) is 0 Å². The zero-order chi connectivity index (χ0) is 22.4. The number of nitrogens with zero attached hydrogens (tertiary/aromatic N) is 1. The molecule has 1 amide bonds. The number of allylic oxidation sites excluding steroid dienone is 1. The van der Waals surface area contributed by atoms with Gasteiger partial charge in [-0.25, -0.2) is 5.06 Å². The molecule has 172 valence electrons. The Labute approximate surface area is 185 Å². The fraction of sp³-hybridized carbons (Fsp3) is 0.800. The summed E-state index contributed by atoms with van der Waals surface area (Å²) in [6.07, 6.45) is 12.9. The monoisotopic (exact) mass is 431 g/mol. The van der Waals surface area contributed by atoms with Crippen LogP contribution in [0.25, 0.3) is 0 Å². The standard InChI is InChI=1S/C22H30O3.C3H7NO2/c1-20-9-5-15(23)13-14(20)3-4-16-17(20)6-10-21(2)18(16)7-11-22(21)12-8-19(24)25-22;1-4(3-5)6-2/h13,16-18H,3-12H2,1-2H3;3H,1-2H3/t16?,17?,18?,20?,21?,22-;/m1./s1. The predicted octanol–water partition coefficient (Wildman–Crippen LogP) is 4.23. The molecule has 5 unspecified atom stereocenters. The number of hydrogen-bond acceptors (Lipinski definition) is 5. The first kappa shape index (κ1) is 22.5. The molecule has 6 nitrogen and oxygen atoms in total. The summed E-state index contributed by atoms with van der Waals surface area (Å²) in [6, 6.07) is 0. The molecular weight excluding hydrogens is 394 g/mol. The molecule has 0 aromatic rings. The third-order valence-electron chi connectivity index (χ3n) is 9.73. The van der Waals surface area contributed by atoms with Crippen LogP contribution in [0.15, 0.2) is 11.6 Å². The van der Waals surface area contributed by atoms with E-state index < -0.39 is 0 Å². The van der Waals surface area contributed by atoms with Gasteiger partial charge in [0.15, 0.2) is 5.78 Å². The quantitative estimate of drug-likeness (QED) is 0.372. The maximum Gasteiger partial charge on any atom is 0.306 e. The molecular formula is C25H37NO5. The molecule has 4 fully saturated rings. The predicted molar refractivity (Wildman–Crippen MR) is 116 cm³/mol. The summed E-state index contributed by atoms with van der Waals surface area (Å²) in [5, 5.41) is 1.07. The molecule has 31 heavy (non-hydrogen) atoms. The fourth-order valence-electron chi connectivity index (χ4n) is 7.90. The Morgan fingerprint density at radius 1 is 1.03 bits per heavy atom. The van der Waals surface area contributed by atoms with Crippen molar-refractivity contribution in [2.75, 3.05) is 14.2 Å². The highest BCUT2D eigenvalue weighted by Crippen LogP contribution is 2.69. The highest BCUT2D eigenvalue weighted by atomic mass is 16.7. The lowest BCUT2D eigenvalue weighted by molar-refractivity contribution is -0.168. The second kappa shape index (κ2) is 8.02. The maximum atomic E-state index is 11.9. The fourth-order valence-corrected chi connectivity index (χ4v) is 7.90. The van der Waals surface area contributed by atoms with Gasteiger partial charge in [0.2, 0.25) is 6.41 Å². The van der Waals surface area contributed by atoms with E-state index in [1.807, 2.05) is 6.08 Å². The third-order valence-corrected chi connectivity index (χ3v) is 9.73. The van der Waals surface area contributed by atoms with Gasteiger partial charge in [0.05, 0.1) is 7.11 Å². The minimum Gasteiger partial charge on any atom is -0.458 e. The summed E-state index contributed by atoms with van der Waals surface area (Å²) in [7, 11) is 2.95. The van der Waals surface area contributed by atoms with Crippen LogP contribution in [-0.4, -0.2) is 43.0 Å². The summed E-state index contributed by atoms with van der Waals surface area (Å²) in [5.74, 6) is 2.51. The lowest BCUT2D eigenvalue weighted by atomic mass is 9.46. The lowest BCUT2D eigenvalue weighted by Gasteiger charge is -2.59. The van der Waals surface area contributed by atoms with Gasteiger partial charge in [0, 0.05) is 25.3 Å². The number of hydroxylamine groups is 2. The van der Waals surface area contributed by atoms with Gasteiger partial charge in [-0.05, 0) is 80.6 Å². The van der Waals surface area contributed by atoms with Crippen molar-refractivity contribution in [3.05, 3.63) is 11.6 Å². The number of amides is 1. The van der Waals surface area contributed by atoms with Gasteiger partial charge in [-0.15, -0.1) is 0 Å². The van der Waals surface area contributed by atoms with Crippen molar-refractivity contribution < 1.29 is 24.0 Å². The number of esters is 1. The minimum absolute atomic E-state index is 0.0237. The van der Waals surface area contributed by atoms with Gasteiger partial charge < -0.3 is 4.74 Å². The Kier molecular flexibility index (Phi) is 5.82. The molecule has 1 heterocycles. The molecule has 3 saturated carbocycles. The number of ketones is 1. The Balaban J connectivity index is 0.000000342. The average Bonchev–Trinajstić information content (AvgIpc) is 3.28. The lowest BCUT2D eigenvalue weighted by Crippen LogP contribution is -2.54. The Morgan fingerprint density at radius 3 is 2.39 bits per heavy atom. The number of ether oxygens (including phenoxy) is 1. The van der Waals surface area contributed by atoms with Crippen molar-refractivity contribution in [3.63, 3.8) is 0 Å². The molecule has 5 rings (SSSR count). The van der Waals surface area contributed by atoms with E-state index in [0.29, 0.717) is 30.4 Å². The Bertz CT molecular complexity index is 793. The summed E-state index contributed by atoms with van der Waals surface area (Å²) in [5.41, 5.74) is 1.68. The van der Waals surface area contributed by atoms with Crippen LogP contribution in [-0.2, 0) is 24.0 Å². The van der Waals surface area contributed by atoms with Crippen LogP contribution in [0, 0.1) is 28.6 Å². The van der Waals surface area contributed by atoms with Gasteiger partial charge >= 0.3 is 5.97 Å². The largest absolute Gasteiger partial charge is 0.458 e. The van der Waals surface area contributed by atoms with Crippen molar-refractivity contribution in [1.29, 1.82) is 0 Å². The molecule has 0 N–H and O–H groups in total. The van der Waals surface area contributed by atoms with E-state index in [9.17, 15) is 14.4 Å². The second-order valence-electron chi connectivity index (χ2n) is 10.8. The number of rotatable bonds is 2. The average molecular weight is 432 g/mol. The van der Waals surface area contributed by atoms with E-state index in [1.165, 1.54) is 45.4 Å². The van der Waals surface area contributed by atoms with Gasteiger partial charge in [0.25, 0.3) is 0 Å². The van der Waals surface area contributed by atoms with Crippen LogP contribution >= 0.6 is 0 Å². The molecule has 0 aromatic heterocycles. The van der Waals surface area contributed by atoms with Crippen molar-refractivity contribution in [2.45, 2.75) is 83.7 Å². The topological polar surface area (TPSA) is 72.9 Å². The first-order valence-electron chi connectivity index (χ1n) is 11.9. The van der Waals surface area contributed by atoms with E-state index >= 15 is 0 Å². The summed E-state index contributed by atoms with van der Waals surface area (Å²) in [4.78, 5) is 37.7. The maximum absolute atomic E-state index is 11.9. The first-order valence-corrected chi connectivity index (χ1v) is 11.9. The minimum atomic E-state index is -0.167. The molecule has 1 spiro atoms. The summed E-state index contributed by atoms with van der Waals surface area (Å²) in [6.45, 7) is 4.86. The van der Waals surface area contributed by atoms with Gasteiger partial charge in [0.1, 0.15) is 5.60 Å². The zero-order valence-corrected chi connectivity index (χ0v) is 19.4. The molecule has 0 bridgehead atoms. The number of carbonyl (C=O) groups excluding carboxylic acids is 3. The van der Waals surface area contributed by atoms with E-state index in [-0.39, 0.29) is 22.4 Å². The highest BCUT2D eigenvalue weighted by molar-refractivity contribution is 5.91. The van der Waals surface area contributed by atoms with Crippen LogP contribution in [0.4, 0.5) is 0 Å². The van der Waals surface area contributed by atoms with Gasteiger partial charge in [-0.3, -0.25) is 19.2 Å². The normalized spacial score (nSPS) is 43.1. The van der Waals surface area contributed by atoms with Crippen molar-refractivity contribution in [2.24, 2.45) is 28.6 Å². The SMILES string of the molecule is CC12CCC(=O)C=C1CCC1C2CCC2(C)C1CC[C@@]21CCC(=O)O1.CON(C)C=O. The summed E-state index contributed by atoms with van der Waals surface area (Å²) >= 11 is 0. The van der Waals surface area contributed by atoms with Crippen LogP contribution < -0.4 is 0 Å². The Morgan fingerprint density at radius 2 is 1.77 bits per heavy atom. The van der Waals surface area contributed by atoms with Crippen LogP contribution in [0.5, 0.6) is 0 Å². The van der Waals surface area contributed by atoms with E-state index in [1.54, 1.807) is 0 Å². The Hall–Kier alpha value is -1.69. The number of carbonyl (C=O) groups is 3. The summed E-state index contributed by atoms with van der Waals surface area (Å²) < 4.78 is 6.01. The molecule has 5 aliphatic rings. The van der Waals surface area contributed by atoms with Crippen molar-refractivity contribution in [1.82, 2.24) is 5.06 Å². The first-order chi connectivity index (χ1) is 14.7. The smallest absolute Gasteiger partial charge is 0.306 e. The number of fused-ring (bicyclic) bond motifs is 6. The van der Waals surface area contributed by atoms with E-state index in [0.717, 1.165) is 43.1 Å². The van der Waals surface area contributed by atoms with Crippen LogP contribution in [0.2, 0.25) is 0 Å². The van der Waals surface area contributed by atoms with Crippen molar-refractivity contribution in [3.8, 4) is 0 Å². The molecule has 0 radical (unpaired) electrons. The third kappa shape index (κ3) is 3.46. The van der Waals surface area contributed by atoms with Crippen LogP contribution in [0.1, 0.15) is 78.1 Å². The second-order valence-corrected chi connectivity index (χ2v) is 10.8. The molecule has 0 aromatic carbocycles. The highest BCUT2D eigenvalue weighted by Gasteiger charge is 2.66. The van der Waals surface area contributed by atoms with Crippen molar-refractivity contribution >= 4 is 18.2 Å².